The van der Waals surface area contributed by atoms with E-state index in [0.29, 0.717) is 11.4 Å². The summed E-state index contributed by atoms with van der Waals surface area (Å²) in [6.45, 7) is 1.72. The molecule has 20 heavy (non-hydrogen) atoms. The minimum atomic E-state index is -0.380. The predicted octanol–water partition coefficient (Wildman–Crippen LogP) is 0.492. The van der Waals surface area contributed by atoms with Crippen molar-refractivity contribution >= 4 is 17.5 Å². The first-order valence-electron chi connectivity index (χ1n) is 6.05. The molecule has 104 valence electrons. The monoisotopic (exact) mass is 273 g/mol. The Morgan fingerprint density at radius 2 is 2.20 bits per heavy atom. The minimum Gasteiger partial charge on any atom is -0.342 e. The van der Waals surface area contributed by atoms with Crippen LogP contribution in [0.4, 0.5) is 5.69 Å². The van der Waals surface area contributed by atoms with Crippen molar-refractivity contribution in [2.24, 2.45) is 7.05 Å². The first kappa shape index (κ1) is 13.7. The molecule has 2 heterocycles. The highest BCUT2D eigenvalue weighted by molar-refractivity contribution is 5.98. The summed E-state index contributed by atoms with van der Waals surface area (Å²) in [5.41, 5.74) is 1.74. The number of carbonyl (C=O) groups excluding carboxylic acids is 2. The van der Waals surface area contributed by atoms with Gasteiger partial charge in [-0.3, -0.25) is 19.3 Å². The van der Waals surface area contributed by atoms with Gasteiger partial charge in [0.1, 0.15) is 5.69 Å². The van der Waals surface area contributed by atoms with Crippen molar-refractivity contribution in [3.05, 3.63) is 42.0 Å². The van der Waals surface area contributed by atoms with Crippen molar-refractivity contribution in [2.45, 2.75) is 6.92 Å². The zero-order valence-electron chi connectivity index (χ0n) is 11.3. The Morgan fingerprint density at radius 3 is 2.80 bits per heavy atom. The number of rotatable bonds is 4. The van der Waals surface area contributed by atoms with Crippen LogP contribution in [0, 0.1) is 6.92 Å². The summed E-state index contributed by atoms with van der Waals surface area (Å²) in [5.74, 6) is -0.700. The third-order valence-corrected chi connectivity index (χ3v) is 2.70. The van der Waals surface area contributed by atoms with E-state index < -0.39 is 0 Å². The van der Waals surface area contributed by atoms with Gasteiger partial charge in [0.25, 0.3) is 5.91 Å². The van der Waals surface area contributed by atoms with Crippen LogP contribution in [0.2, 0.25) is 0 Å². The summed E-state index contributed by atoms with van der Waals surface area (Å²) >= 11 is 0. The first-order valence-corrected chi connectivity index (χ1v) is 6.05. The van der Waals surface area contributed by atoms with Crippen molar-refractivity contribution in [3.63, 3.8) is 0 Å². The van der Waals surface area contributed by atoms with Crippen molar-refractivity contribution in [3.8, 4) is 0 Å². The van der Waals surface area contributed by atoms with Crippen molar-refractivity contribution in [1.29, 1.82) is 0 Å². The summed E-state index contributed by atoms with van der Waals surface area (Å²) in [6, 6.07) is 5.09. The van der Waals surface area contributed by atoms with E-state index in [9.17, 15) is 9.59 Å². The number of amides is 2. The number of nitrogens with one attached hydrogen (secondary N) is 2. The second-order valence-corrected chi connectivity index (χ2v) is 4.27. The number of aryl methyl sites for hydroxylation is 2. The van der Waals surface area contributed by atoms with E-state index in [2.05, 4.69) is 20.7 Å². The Morgan fingerprint density at radius 1 is 1.40 bits per heavy atom. The number of anilines is 1. The van der Waals surface area contributed by atoms with Gasteiger partial charge in [0.15, 0.2) is 0 Å². The lowest BCUT2D eigenvalue weighted by molar-refractivity contribution is -0.115. The molecular weight excluding hydrogens is 258 g/mol. The number of pyridine rings is 1. The summed E-state index contributed by atoms with van der Waals surface area (Å²) in [6.07, 6.45) is 3.14. The van der Waals surface area contributed by atoms with Gasteiger partial charge in [-0.15, -0.1) is 0 Å². The lowest BCUT2D eigenvalue weighted by Crippen LogP contribution is -2.33. The van der Waals surface area contributed by atoms with Crippen LogP contribution in [0.25, 0.3) is 0 Å². The molecule has 0 unspecified atom stereocenters. The molecule has 2 aromatic rings. The zero-order valence-corrected chi connectivity index (χ0v) is 11.3. The molecule has 0 spiro atoms. The molecule has 0 atom stereocenters. The summed E-state index contributed by atoms with van der Waals surface area (Å²) < 4.78 is 1.60. The summed E-state index contributed by atoms with van der Waals surface area (Å²) in [5, 5.41) is 9.17. The van der Waals surface area contributed by atoms with E-state index in [-0.39, 0.29) is 18.4 Å². The van der Waals surface area contributed by atoms with E-state index in [1.807, 2.05) is 6.92 Å². The Balaban J connectivity index is 1.86. The molecule has 2 N–H and O–H groups in total. The maximum atomic E-state index is 11.8. The fourth-order valence-electron chi connectivity index (χ4n) is 1.56. The maximum Gasteiger partial charge on any atom is 0.272 e. The van der Waals surface area contributed by atoms with Crippen molar-refractivity contribution in [2.75, 3.05) is 11.9 Å². The Kier molecular flexibility index (Phi) is 4.09. The number of hydrogen-bond donors (Lipinski definition) is 2. The maximum absolute atomic E-state index is 11.8. The SMILES string of the molecule is Cc1cc(C(=O)NCC(=O)Nc2cccnc2)nn1C. The molecule has 0 saturated carbocycles. The van der Waals surface area contributed by atoms with Gasteiger partial charge in [0, 0.05) is 18.9 Å². The second-order valence-electron chi connectivity index (χ2n) is 4.27. The largest absolute Gasteiger partial charge is 0.342 e. The van der Waals surface area contributed by atoms with E-state index in [1.54, 1.807) is 36.1 Å². The van der Waals surface area contributed by atoms with Gasteiger partial charge in [0.05, 0.1) is 18.4 Å². The molecule has 0 aliphatic rings. The van der Waals surface area contributed by atoms with Crippen LogP contribution in [0.3, 0.4) is 0 Å². The van der Waals surface area contributed by atoms with Gasteiger partial charge in [-0.1, -0.05) is 0 Å². The third-order valence-electron chi connectivity index (χ3n) is 2.70. The molecule has 0 radical (unpaired) electrons. The fraction of sp³-hybridized carbons (Fsp3) is 0.231. The van der Waals surface area contributed by atoms with Gasteiger partial charge in [-0.05, 0) is 25.1 Å². The highest BCUT2D eigenvalue weighted by atomic mass is 16.2. The Labute approximate surface area is 116 Å². The molecule has 2 rings (SSSR count). The predicted molar refractivity (Wildman–Crippen MR) is 73.1 cm³/mol. The first-order chi connectivity index (χ1) is 9.56. The minimum absolute atomic E-state index is 0.122. The molecule has 0 fully saturated rings. The molecule has 0 aliphatic heterocycles. The van der Waals surface area contributed by atoms with Crippen LogP contribution in [0.15, 0.2) is 30.6 Å². The topological polar surface area (TPSA) is 88.9 Å². The molecule has 0 aromatic carbocycles. The Bertz CT molecular complexity index is 601. The summed E-state index contributed by atoms with van der Waals surface area (Å²) in [7, 11) is 1.75. The quantitative estimate of drug-likeness (QED) is 0.848. The highest BCUT2D eigenvalue weighted by Crippen LogP contribution is 2.02. The smallest absolute Gasteiger partial charge is 0.272 e. The van der Waals surface area contributed by atoms with E-state index in [0.717, 1.165) is 5.69 Å². The average molecular weight is 273 g/mol. The van der Waals surface area contributed by atoms with Gasteiger partial charge in [-0.2, -0.15) is 5.10 Å². The molecule has 7 nitrogen and oxygen atoms in total. The molecule has 7 heteroatoms. The van der Waals surface area contributed by atoms with E-state index in [4.69, 9.17) is 0 Å². The third kappa shape index (κ3) is 3.41. The van der Waals surface area contributed by atoms with Gasteiger partial charge >= 0.3 is 0 Å². The van der Waals surface area contributed by atoms with Gasteiger partial charge in [-0.25, -0.2) is 0 Å². The molecule has 0 saturated heterocycles. The molecule has 0 bridgehead atoms. The van der Waals surface area contributed by atoms with Gasteiger partial charge < -0.3 is 10.6 Å². The van der Waals surface area contributed by atoms with Crippen molar-refractivity contribution < 1.29 is 9.59 Å². The van der Waals surface area contributed by atoms with Crippen molar-refractivity contribution in [1.82, 2.24) is 20.1 Å². The van der Waals surface area contributed by atoms with Crippen LogP contribution in [-0.2, 0) is 11.8 Å². The van der Waals surface area contributed by atoms with Crippen LogP contribution >= 0.6 is 0 Å². The van der Waals surface area contributed by atoms with E-state index in [1.165, 1.54) is 6.20 Å². The number of aromatic nitrogens is 3. The lowest BCUT2D eigenvalue weighted by atomic mass is 10.3. The van der Waals surface area contributed by atoms with E-state index >= 15 is 0 Å². The van der Waals surface area contributed by atoms with Crippen LogP contribution in [-0.4, -0.2) is 33.1 Å². The molecule has 2 aromatic heterocycles. The molecule has 2 amide bonds. The standard InChI is InChI=1S/C13H15N5O2/c1-9-6-11(17-18(9)2)13(20)15-8-12(19)16-10-4-3-5-14-7-10/h3-7H,8H2,1-2H3,(H,15,20)(H,16,19). The van der Waals surface area contributed by atoms with Crippen LogP contribution in [0.1, 0.15) is 16.2 Å². The van der Waals surface area contributed by atoms with Crippen LogP contribution < -0.4 is 10.6 Å². The van der Waals surface area contributed by atoms with Crippen LogP contribution in [0.5, 0.6) is 0 Å². The normalized spacial score (nSPS) is 10.1. The molecule has 0 aliphatic carbocycles. The highest BCUT2D eigenvalue weighted by Gasteiger charge is 2.12. The second kappa shape index (κ2) is 5.96. The number of hydrogen-bond acceptors (Lipinski definition) is 4. The average Bonchev–Trinajstić information content (AvgIpc) is 2.77. The lowest BCUT2D eigenvalue weighted by Gasteiger charge is -2.05. The fourth-order valence-corrected chi connectivity index (χ4v) is 1.56. The zero-order chi connectivity index (χ0) is 14.5. The number of carbonyl (C=O) groups is 2. The number of nitrogens with zero attached hydrogens (tertiary/aromatic N) is 3. The van der Waals surface area contributed by atoms with Gasteiger partial charge in [0.2, 0.25) is 5.91 Å². The molecular formula is C13H15N5O2. The Hall–Kier alpha value is -2.70. The summed E-state index contributed by atoms with van der Waals surface area (Å²) in [4.78, 5) is 27.3.